The van der Waals surface area contributed by atoms with Gasteiger partial charge in [-0.2, -0.15) is 0 Å². The molecule has 3 heteroatoms. The Balaban J connectivity index is 0.00000128. The summed E-state index contributed by atoms with van der Waals surface area (Å²) in [6, 6.07) is 0. The van der Waals surface area contributed by atoms with Crippen LogP contribution in [0.1, 0.15) is 39.5 Å². The molecular formula is C14H18Cl2Zr. The van der Waals surface area contributed by atoms with Crippen LogP contribution >= 0.6 is 0 Å². The molecule has 0 saturated carbocycles. The molecule has 0 aromatic carbocycles. The largest absolute Gasteiger partial charge is 1.00 e. The average molecular weight is 348 g/mol. The third-order valence-corrected chi connectivity index (χ3v) is 6.39. The van der Waals surface area contributed by atoms with Crippen LogP contribution < -0.4 is 24.8 Å². The van der Waals surface area contributed by atoms with E-state index in [0.29, 0.717) is 0 Å². The average Bonchev–Trinajstić information content (AvgIpc) is 2.87. The SMILES string of the molecule is CCC1=C(CC)C[C]([Zr+2][C]2=CC=CC2)=C1.[Cl-].[Cl-]. The Morgan fingerprint density at radius 1 is 1.12 bits per heavy atom. The van der Waals surface area contributed by atoms with Gasteiger partial charge in [0.05, 0.1) is 0 Å². The smallest absolute Gasteiger partial charge is 1.00 e. The Morgan fingerprint density at radius 3 is 2.35 bits per heavy atom. The van der Waals surface area contributed by atoms with Crippen molar-refractivity contribution in [2.45, 2.75) is 39.5 Å². The van der Waals surface area contributed by atoms with E-state index in [1.54, 1.807) is 17.7 Å². The number of hydrogen-bond acceptors (Lipinski definition) is 0. The Morgan fingerprint density at radius 2 is 1.88 bits per heavy atom. The second-order valence-corrected chi connectivity index (χ2v) is 7.90. The molecule has 2 aliphatic carbocycles. The molecule has 2 rings (SSSR count). The molecule has 0 fully saturated rings. The van der Waals surface area contributed by atoms with Gasteiger partial charge in [0.25, 0.3) is 0 Å². The molecule has 0 heterocycles. The van der Waals surface area contributed by atoms with Crippen LogP contribution in [0.3, 0.4) is 0 Å². The minimum Gasteiger partial charge on any atom is -1.00 e. The van der Waals surface area contributed by atoms with Crippen molar-refractivity contribution in [1.29, 1.82) is 0 Å². The molecule has 0 atom stereocenters. The van der Waals surface area contributed by atoms with Gasteiger partial charge in [-0.25, -0.2) is 0 Å². The zero-order chi connectivity index (χ0) is 10.7. The van der Waals surface area contributed by atoms with Crippen LogP contribution in [-0.2, 0) is 23.2 Å². The fraction of sp³-hybridized carbons (Fsp3) is 0.429. The van der Waals surface area contributed by atoms with Crippen LogP contribution in [0.2, 0.25) is 0 Å². The van der Waals surface area contributed by atoms with E-state index >= 15 is 0 Å². The molecule has 2 aliphatic rings. The summed E-state index contributed by atoms with van der Waals surface area (Å²) in [6.07, 6.45) is 14.4. The maximum atomic E-state index is 2.52. The molecule has 17 heavy (non-hydrogen) atoms. The first-order valence-corrected chi connectivity index (χ1v) is 8.33. The fourth-order valence-corrected chi connectivity index (χ4v) is 5.58. The summed E-state index contributed by atoms with van der Waals surface area (Å²) in [7, 11) is 0. The number of halogens is 2. The first-order valence-electron chi connectivity index (χ1n) is 5.87. The van der Waals surface area contributed by atoms with Crippen LogP contribution in [0.25, 0.3) is 0 Å². The van der Waals surface area contributed by atoms with Gasteiger partial charge in [-0.1, -0.05) is 0 Å². The molecule has 0 aliphatic heterocycles. The quantitative estimate of drug-likeness (QED) is 0.570. The van der Waals surface area contributed by atoms with E-state index in [2.05, 4.69) is 38.2 Å². The van der Waals surface area contributed by atoms with Crippen LogP contribution in [0.4, 0.5) is 0 Å². The first kappa shape index (κ1) is 17.4. The molecule has 0 bridgehead atoms. The Hall–Kier alpha value is 0.423. The van der Waals surface area contributed by atoms with Crippen molar-refractivity contribution in [3.8, 4) is 0 Å². The van der Waals surface area contributed by atoms with Crippen LogP contribution in [-0.4, -0.2) is 0 Å². The molecule has 0 nitrogen and oxygen atoms in total. The van der Waals surface area contributed by atoms with Crippen molar-refractivity contribution in [2.75, 3.05) is 0 Å². The standard InChI is InChI=1S/C9H13.C5H5.2ClH.Zr/c1-3-8-6-5-7-9(8)4-2;1-2-4-5-3-1;;;/h6H,3-4,7H2,1-2H3;1-3H,4H2;2*1H;/q;;;;+2/p-2. The molecular weight excluding hydrogens is 330 g/mol. The second-order valence-electron chi connectivity index (χ2n) is 4.13. The van der Waals surface area contributed by atoms with Crippen LogP contribution in [0.5, 0.6) is 0 Å². The Bertz CT molecular complexity index is 376. The molecule has 0 spiro atoms. The van der Waals surface area contributed by atoms with Crippen molar-refractivity contribution in [3.05, 3.63) is 42.0 Å². The van der Waals surface area contributed by atoms with Crippen molar-refractivity contribution < 1.29 is 48.0 Å². The Labute approximate surface area is 129 Å². The van der Waals surface area contributed by atoms with E-state index in [0.717, 1.165) is 0 Å². The van der Waals surface area contributed by atoms with E-state index in [4.69, 9.17) is 0 Å². The van der Waals surface area contributed by atoms with Gasteiger partial charge in [-0.05, 0) is 0 Å². The summed E-state index contributed by atoms with van der Waals surface area (Å²) in [5.41, 5.74) is 3.35. The van der Waals surface area contributed by atoms with Crippen LogP contribution in [0, 0.1) is 0 Å². The molecule has 92 valence electrons. The van der Waals surface area contributed by atoms with Gasteiger partial charge >= 0.3 is 105 Å². The van der Waals surface area contributed by atoms with Gasteiger partial charge in [0.1, 0.15) is 0 Å². The molecule has 0 aromatic heterocycles. The topological polar surface area (TPSA) is 0 Å². The van der Waals surface area contributed by atoms with E-state index in [1.807, 2.05) is 0 Å². The normalized spacial score (nSPS) is 17.1. The summed E-state index contributed by atoms with van der Waals surface area (Å²) in [6.45, 7) is 4.58. The molecule has 0 N–H and O–H groups in total. The molecule has 0 saturated heterocycles. The summed E-state index contributed by atoms with van der Waals surface area (Å²) in [4.78, 5) is 0. The molecule has 0 unspecified atom stereocenters. The Kier molecular flexibility index (Phi) is 8.72. The maximum absolute atomic E-state index is 2.52. The van der Waals surface area contributed by atoms with Crippen molar-refractivity contribution in [3.63, 3.8) is 0 Å². The van der Waals surface area contributed by atoms with Gasteiger partial charge < -0.3 is 24.8 Å². The fourth-order valence-electron chi connectivity index (χ4n) is 2.24. The van der Waals surface area contributed by atoms with Crippen LogP contribution in [0.15, 0.2) is 42.0 Å². The van der Waals surface area contributed by atoms with Gasteiger partial charge in [-0.3, -0.25) is 0 Å². The van der Waals surface area contributed by atoms with E-state index < -0.39 is 0 Å². The number of rotatable bonds is 4. The van der Waals surface area contributed by atoms with E-state index in [-0.39, 0.29) is 48.0 Å². The van der Waals surface area contributed by atoms with Crippen molar-refractivity contribution in [1.82, 2.24) is 0 Å². The third kappa shape index (κ3) is 4.54. The van der Waals surface area contributed by atoms with Gasteiger partial charge in [0, 0.05) is 0 Å². The monoisotopic (exact) mass is 346 g/mol. The number of allylic oxidation sites excluding steroid dienone is 8. The molecule has 0 aromatic rings. The van der Waals surface area contributed by atoms with Gasteiger partial charge in [0.15, 0.2) is 0 Å². The van der Waals surface area contributed by atoms with E-state index in [1.165, 1.54) is 25.7 Å². The third-order valence-electron chi connectivity index (χ3n) is 3.11. The minimum absolute atomic E-state index is 0. The molecule has 0 radical (unpaired) electrons. The first-order chi connectivity index (χ1) is 7.33. The second kappa shape index (κ2) is 8.51. The summed E-state index contributed by atoms with van der Waals surface area (Å²) in [5, 5.41) is 0. The summed E-state index contributed by atoms with van der Waals surface area (Å²) < 4.78 is 3.54. The van der Waals surface area contributed by atoms with E-state index in [9.17, 15) is 0 Å². The van der Waals surface area contributed by atoms with Crippen molar-refractivity contribution in [2.24, 2.45) is 0 Å². The summed E-state index contributed by atoms with van der Waals surface area (Å²) in [5.74, 6) is 0. The number of hydrogen-bond donors (Lipinski definition) is 0. The predicted octanol–water partition coefficient (Wildman–Crippen LogP) is -1.68. The maximum Gasteiger partial charge on any atom is -1.00 e. The van der Waals surface area contributed by atoms with Gasteiger partial charge in [-0.15, -0.1) is 0 Å². The molecule has 0 amide bonds. The minimum atomic E-state index is -0.390. The summed E-state index contributed by atoms with van der Waals surface area (Å²) >= 11 is -0.390. The zero-order valence-corrected chi connectivity index (χ0v) is 14.4. The van der Waals surface area contributed by atoms with Gasteiger partial charge in [0.2, 0.25) is 0 Å². The zero-order valence-electron chi connectivity index (χ0n) is 10.4. The predicted molar refractivity (Wildman–Crippen MR) is 62.1 cm³/mol. The van der Waals surface area contributed by atoms with Crippen molar-refractivity contribution >= 4 is 0 Å².